The van der Waals surface area contributed by atoms with Crippen molar-refractivity contribution in [2.75, 3.05) is 0 Å². The maximum atomic E-state index is 6.62. The summed E-state index contributed by atoms with van der Waals surface area (Å²) in [5.74, 6) is 1.20. The Morgan fingerprint density at radius 3 is 2.95 bits per heavy atom. The van der Waals surface area contributed by atoms with Crippen LogP contribution < -0.4 is 4.74 Å². The highest BCUT2D eigenvalue weighted by atomic mass is 16.5. The molecular formula is C19H23NO. The molecule has 1 aliphatic heterocycles. The van der Waals surface area contributed by atoms with Gasteiger partial charge in [0.25, 0.3) is 0 Å². The number of pyridine rings is 1. The maximum Gasteiger partial charge on any atom is 0.221 e. The second kappa shape index (κ2) is 4.00. The summed E-state index contributed by atoms with van der Waals surface area (Å²) in [6, 6.07) is 4.05. The van der Waals surface area contributed by atoms with Crippen LogP contribution >= 0.6 is 0 Å². The number of rotatable bonds is 0. The van der Waals surface area contributed by atoms with Crippen LogP contribution in [0.3, 0.4) is 0 Å². The van der Waals surface area contributed by atoms with Crippen molar-refractivity contribution >= 4 is 6.08 Å². The Kier molecular flexibility index (Phi) is 2.50. The Morgan fingerprint density at radius 1 is 1.24 bits per heavy atom. The summed E-state index contributed by atoms with van der Waals surface area (Å²) in [7, 11) is 0. The molecule has 0 N–H and O–H groups in total. The maximum absolute atomic E-state index is 6.62. The third kappa shape index (κ3) is 1.62. The minimum Gasteiger partial charge on any atom is -0.465 e. The first-order valence-corrected chi connectivity index (χ1v) is 7.97. The van der Waals surface area contributed by atoms with Gasteiger partial charge in [-0.25, -0.2) is 4.98 Å². The molecule has 1 saturated carbocycles. The quantitative estimate of drug-likeness (QED) is 0.647. The van der Waals surface area contributed by atoms with Gasteiger partial charge in [0.15, 0.2) is 0 Å². The first kappa shape index (κ1) is 13.1. The Morgan fingerprint density at radius 2 is 2.10 bits per heavy atom. The highest BCUT2D eigenvalue weighted by molar-refractivity contribution is 5.60. The van der Waals surface area contributed by atoms with E-state index >= 15 is 0 Å². The molecule has 3 aliphatic rings. The molecule has 2 aliphatic carbocycles. The molecule has 3 unspecified atom stereocenters. The van der Waals surface area contributed by atoms with Crippen LogP contribution in [-0.4, -0.2) is 10.6 Å². The Balaban J connectivity index is 1.89. The van der Waals surface area contributed by atoms with E-state index in [1.54, 1.807) is 0 Å². The zero-order chi connectivity index (χ0) is 14.7. The molecule has 0 saturated heterocycles. The first-order valence-electron chi connectivity index (χ1n) is 7.97. The van der Waals surface area contributed by atoms with Gasteiger partial charge in [0, 0.05) is 23.1 Å². The van der Waals surface area contributed by atoms with Crippen molar-refractivity contribution in [3.63, 3.8) is 0 Å². The van der Waals surface area contributed by atoms with Gasteiger partial charge in [-0.05, 0) is 49.0 Å². The SMILES string of the molecule is CC1(C)CCC2(C)CC=CC1C21C=Cc2cccnc2O1. The van der Waals surface area contributed by atoms with Crippen molar-refractivity contribution in [3.8, 4) is 5.88 Å². The van der Waals surface area contributed by atoms with Crippen LogP contribution in [0.25, 0.3) is 6.08 Å². The second-order valence-electron chi connectivity index (χ2n) is 7.79. The van der Waals surface area contributed by atoms with Crippen LogP contribution in [0.1, 0.15) is 45.6 Å². The fourth-order valence-electron chi connectivity index (χ4n) is 4.55. The van der Waals surface area contributed by atoms with Crippen LogP contribution in [0.4, 0.5) is 0 Å². The van der Waals surface area contributed by atoms with Gasteiger partial charge in [0.05, 0.1) is 0 Å². The predicted octanol–water partition coefficient (Wildman–Crippen LogP) is 4.63. The minimum absolute atomic E-state index is 0.160. The number of ether oxygens (including phenoxy) is 1. The molecule has 0 radical (unpaired) electrons. The fraction of sp³-hybridized carbons (Fsp3) is 0.526. The molecule has 0 amide bonds. The molecule has 1 fully saturated rings. The van der Waals surface area contributed by atoms with E-state index in [4.69, 9.17) is 4.74 Å². The summed E-state index contributed by atoms with van der Waals surface area (Å²) < 4.78 is 6.62. The average Bonchev–Trinajstić information content (AvgIpc) is 2.47. The number of nitrogens with zero attached hydrogens (tertiary/aromatic N) is 1. The zero-order valence-electron chi connectivity index (χ0n) is 13.1. The van der Waals surface area contributed by atoms with Crippen molar-refractivity contribution in [1.29, 1.82) is 0 Å². The van der Waals surface area contributed by atoms with E-state index in [-0.39, 0.29) is 16.4 Å². The number of allylic oxidation sites excluding steroid dienone is 1. The molecule has 21 heavy (non-hydrogen) atoms. The number of hydrogen-bond donors (Lipinski definition) is 0. The van der Waals surface area contributed by atoms with E-state index in [1.165, 1.54) is 12.8 Å². The fourth-order valence-corrected chi connectivity index (χ4v) is 4.55. The molecule has 1 aromatic rings. The number of fused-ring (bicyclic) bond motifs is 1. The van der Waals surface area contributed by atoms with Crippen LogP contribution in [-0.2, 0) is 0 Å². The second-order valence-corrected chi connectivity index (χ2v) is 7.79. The van der Waals surface area contributed by atoms with Crippen LogP contribution in [0.15, 0.2) is 36.6 Å². The molecule has 1 spiro atoms. The molecule has 2 heterocycles. The standard InChI is InChI=1S/C19H23NO/c1-17(2)11-12-18(3)9-4-7-15(17)19(18)10-8-14-6-5-13-20-16(14)21-19/h4-8,10,13,15H,9,11-12H2,1-3H3. The van der Waals surface area contributed by atoms with Gasteiger partial charge in [-0.3, -0.25) is 0 Å². The Labute approximate surface area is 126 Å². The lowest BCUT2D eigenvalue weighted by Crippen LogP contribution is -2.63. The van der Waals surface area contributed by atoms with Gasteiger partial charge in [0.1, 0.15) is 5.60 Å². The van der Waals surface area contributed by atoms with Gasteiger partial charge in [-0.2, -0.15) is 0 Å². The summed E-state index contributed by atoms with van der Waals surface area (Å²) in [6.45, 7) is 7.14. The van der Waals surface area contributed by atoms with Crippen molar-refractivity contribution in [3.05, 3.63) is 42.1 Å². The average molecular weight is 281 g/mol. The zero-order valence-corrected chi connectivity index (χ0v) is 13.1. The Hall–Kier alpha value is -1.57. The Bertz CT molecular complexity index is 645. The van der Waals surface area contributed by atoms with E-state index in [1.807, 2.05) is 12.3 Å². The van der Waals surface area contributed by atoms with Gasteiger partial charge in [0.2, 0.25) is 5.88 Å². The van der Waals surface area contributed by atoms with Crippen LogP contribution in [0.5, 0.6) is 5.88 Å². The topological polar surface area (TPSA) is 22.1 Å². The lowest BCUT2D eigenvalue weighted by atomic mass is 9.48. The lowest BCUT2D eigenvalue weighted by molar-refractivity contribution is -0.127. The summed E-state index contributed by atoms with van der Waals surface area (Å²) in [5, 5.41) is 0. The van der Waals surface area contributed by atoms with Crippen molar-refractivity contribution in [2.45, 2.75) is 45.6 Å². The van der Waals surface area contributed by atoms with E-state index in [0.717, 1.165) is 17.9 Å². The summed E-state index contributed by atoms with van der Waals surface area (Å²) in [4.78, 5) is 4.48. The van der Waals surface area contributed by atoms with E-state index in [0.29, 0.717) is 5.92 Å². The third-order valence-corrected chi connectivity index (χ3v) is 6.04. The third-order valence-electron chi connectivity index (χ3n) is 6.04. The van der Waals surface area contributed by atoms with Gasteiger partial charge < -0.3 is 4.74 Å². The normalized spacial score (nSPS) is 38.9. The molecule has 2 heteroatoms. The van der Waals surface area contributed by atoms with E-state index < -0.39 is 0 Å². The highest BCUT2D eigenvalue weighted by Gasteiger charge is 2.62. The summed E-state index contributed by atoms with van der Waals surface area (Å²) >= 11 is 0. The number of hydrogen-bond acceptors (Lipinski definition) is 2. The summed E-state index contributed by atoms with van der Waals surface area (Å²) in [6.07, 6.45) is 14.7. The number of aromatic nitrogens is 1. The first-order chi connectivity index (χ1) is 9.97. The largest absolute Gasteiger partial charge is 0.465 e. The van der Waals surface area contributed by atoms with E-state index in [2.05, 4.69) is 56.1 Å². The monoisotopic (exact) mass is 281 g/mol. The molecule has 1 aromatic heterocycles. The molecule has 4 rings (SSSR count). The van der Waals surface area contributed by atoms with Gasteiger partial charge in [-0.15, -0.1) is 0 Å². The van der Waals surface area contributed by atoms with Crippen molar-refractivity contribution in [1.82, 2.24) is 4.98 Å². The smallest absolute Gasteiger partial charge is 0.221 e. The van der Waals surface area contributed by atoms with E-state index in [9.17, 15) is 0 Å². The molecular weight excluding hydrogens is 258 g/mol. The minimum atomic E-state index is -0.245. The summed E-state index contributed by atoms with van der Waals surface area (Å²) in [5.41, 5.74) is 1.27. The molecule has 3 atom stereocenters. The van der Waals surface area contributed by atoms with Gasteiger partial charge >= 0.3 is 0 Å². The van der Waals surface area contributed by atoms with Crippen molar-refractivity contribution < 1.29 is 4.74 Å². The van der Waals surface area contributed by atoms with Crippen LogP contribution in [0, 0.1) is 16.7 Å². The van der Waals surface area contributed by atoms with Crippen LogP contribution in [0.2, 0.25) is 0 Å². The highest BCUT2D eigenvalue weighted by Crippen LogP contribution is 2.62. The predicted molar refractivity (Wildman–Crippen MR) is 85.0 cm³/mol. The molecule has 0 aromatic carbocycles. The lowest BCUT2D eigenvalue weighted by Gasteiger charge is -2.61. The molecule has 110 valence electrons. The molecule has 2 bridgehead atoms. The van der Waals surface area contributed by atoms with Crippen molar-refractivity contribution in [2.24, 2.45) is 16.7 Å². The molecule has 2 nitrogen and oxygen atoms in total. The van der Waals surface area contributed by atoms with Gasteiger partial charge in [-0.1, -0.05) is 32.9 Å².